The monoisotopic (exact) mass is 155 g/mol. The van der Waals surface area contributed by atoms with Crippen molar-refractivity contribution in [1.82, 2.24) is 0 Å². The molecule has 1 aliphatic rings. The Morgan fingerprint density at radius 3 is 2.64 bits per heavy atom. The van der Waals surface area contributed by atoms with Gasteiger partial charge in [-0.3, -0.25) is 4.79 Å². The smallest absolute Gasteiger partial charge is 0.170 e. The maximum absolute atomic E-state index is 11.3. The van der Waals surface area contributed by atoms with Gasteiger partial charge >= 0.3 is 0 Å². The zero-order valence-corrected chi connectivity index (χ0v) is 7.39. The molecule has 1 heterocycles. The van der Waals surface area contributed by atoms with Crippen LogP contribution >= 0.6 is 0 Å². The summed E-state index contributed by atoms with van der Waals surface area (Å²) < 4.78 is 5.01. The molecule has 63 valence electrons. The molecule has 1 saturated heterocycles. The summed E-state index contributed by atoms with van der Waals surface area (Å²) in [5.74, 6) is 0.701. The van der Waals surface area contributed by atoms with Crippen LogP contribution in [0.5, 0.6) is 0 Å². The van der Waals surface area contributed by atoms with E-state index in [4.69, 9.17) is 4.74 Å². The van der Waals surface area contributed by atoms with Crippen LogP contribution in [0.1, 0.15) is 27.2 Å². The number of carbonyl (C=O) groups is 1. The highest BCUT2D eigenvalue weighted by Crippen LogP contribution is 2.28. The molecule has 1 rings (SSSR count). The third-order valence-electron chi connectivity index (χ3n) is 1.87. The molecule has 0 aromatic heterocycles. The molecule has 1 fully saturated rings. The van der Waals surface area contributed by atoms with Crippen molar-refractivity contribution >= 4 is 5.78 Å². The van der Waals surface area contributed by atoms with Crippen molar-refractivity contribution in [3.05, 3.63) is 6.42 Å². The topological polar surface area (TPSA) is 29.6 Å². The molecule has 0 bridgehead atoms. The Morgan fingerprint density at radius 2 is 2.27 bits per heavy atom. The quantitative estimate of drug-likeness (QED) is 0.577. The second-order valence-corrected chi connectivity index (χ2v) is 3.72. The van der Waals surface area contributed by atoms with Crippen molar-refractivity contribution in [3.8, 4) is 0 Å². The second-order valence-electron chi connectivity index (χ2n) is 3.72. The summed E-state index contributed by atoms with van der Waals surface area (Å²) in [6, 6.07) is 0. The van der Waals surface area contributed by atoms with Gasteiger partial charge in [-0.2, -0.15) is 0 Å². The first-order chi connectivity index (χ1) is 5.04. The predicted octanol–water partition coefficient (Wildman–Crippen LogP) is 1.59. The van der Waals surface area contributed by atoms with E-state index in [-0.39, 0.29) is 5.78 Å². The van der Waals surface area contributed by atoms with Gasteiger partial charge in [0, 0.05) is 6.42 Å². The van der Waals surface area contributed by atoms with Gasteiger partial charge in [-0.05, 0) is 19.3 Å². The Labute approximate surface area is 67.9 Å². The van der Waals surface area contributed by atoms with E-state index in [1.807, 2.05) is 6.92 Å². The fourth-order valence-corrected chi connectivity index (χ4v) is 0.809. The Hall–Kier alpha value is -0.370. The van der Waals surface area contributed by atoms with Crippen LogP contribution in [0.15, 0.2) is 0 Å². The van der Waals surface area contributed by atoms with E-state index in [9.17, 15) is 4.79 Å². The highest BCUT2D eigenvalue weighted by Gasteiger charge is 2.46. The molecule has 0 amide bonds. The van der Waals surface area contributed by atoms with E-state index >= 15 is 0 Å². The van der Waals surface area contributed by atoms with E-state index in [1.165, 1.54) is 0 Å². The lowest BCUT2D eigenvalue weighted by atomic mass is 9.99. The average Bonchev–Trinajstić information content (AvgIpc) is 2.64. The van der Waals surface area contributed by atoms with Crippen LogP contribution in [-0.4, -0.2) is 18.0 Å². The third-order valence-corrected chi connectivity index (χ3v) is 1.87. The van der Waals surface area contributed by atoms with Crippen LogP contribution in [0, 0.1) is 12.3 Å². The van der Waals surface area contributed by atoms with E-state index in [0.29, 0.717) is 12.5 Å². The van der Waals surface area contributed by atoms with Crippen LogP contribution in [0.2, 0.25) is 0 Å². The standard InChI is InChI=1S/C9H15O2/c1-7(2)4-5-8(10)9(3)6-11-9/h5,7H,4,6H2,1-3H3/t9-/m1/s1. The maximum atomic E-state index is 11.3. The van der Waals surface area contributed by atoms with Gasteiger partial charge in [0.15, 0.2) is 5.78 Å². The summed E-state index contributed by atoms with van der Waals surface area (Å²) >= 11 is 0. The molecule has 1 radical (unpaired) electrons. The summed E-state index contributed by atoms with van der Waals surface area (Å²) in [4.78, 5) is 11.3. The zero-order valence-electron chi connectivity index (χ0n) is 7.39. The van der Waals surface area contributed by atoms with E-state index < -0.39 is 5.60 Å². The van der Waals surface area contributed by atoms with Gasteiger partial charge < -0.3 is 4.74 Å². The highest BCUT2D eigenvalue weighted by atomic mass is 16.6. The van der Waals surface area contributed by atoms with Crippen molar-refractivity contribution in [3.63, 3.8) is 0 Å². The number of ether oxygens (including phenoxy) is 1. The van der Waals surface area contributed by atoms with Gasteiger partial charge in [0.2, 0.25) is 0 Å². The predicted molar refractivity (Wildman–Crippen MR) is 43.1 cm³/mol. The first-order valence-electron chi connectivity index (χ1n) is 4.06. The zero-order chi connectivity index (χ0) is 8.48. The average molecular weight is 155 g/mol. The van der Waals surface area contributed by atoms with E-state index in [1.54, 1.807) is 6.42 Å². The normalized spacial score (nSPS) is 29.1. The third kappa shape index (κ3) is 2.29. The molecule has 0 aromatic rings. The molecule has 0 aliphatic carbocycles. The van der Waals surface area contributed by atoms with E-state index in [0.717, 1.165) is 6.42 Å². The minimum Gasteiger partial charge on any atom is -0.362 e. The number of hydrogen-bond acceptors (Lipinski definition) is 2. The van der Waals surface area contributed by atoms with Gasteiger partial charge in [-0.15, -0.1) is 0 Å². The molecule has 11 heavy (non-hydrogen) atoms. The molecule has 0 aromatic carbocycles. The Morgan fingerprint density at radius 1 is 1.73 bits per heavy atom. The maximum Gasteiger partial charge on any atom is 0.170 e. The molecule has 1 atom stereocenters. The number of Topliss-reactive ketones (excluding diaryl/α,β-unsaturated/α-hetero) is 1. The minimum atomic E-state index is -0.450. The highest BCUT2D eigenvalue weighted by molar-refractivity contribution is 5.96. The van der Waals surface area contributed by atoms with E-state index in [2.05, 4.69) is 13.8 Å². The van der Waals surface area contributed by atoms with Crippen LogP contribution in [0.4, 0.5) is 0 Å². The van der Waals surface area contributed by atoms with Crippen molar-refractivity contribution in [2.45, 2.75) is 32.8 Å². The number of epoxide rings is 1. The summed E-state index contributed by atoms with van der Waals surface area (Å²) in [6.07, 6.45) is 2.61. The number of rotatable bonds is 4. The summed E-state index contributed by atoms with van der Waals surface area (Å²) in [6.45, 7) is 6.63. The minimum absolute atomic E-state index is 0.145. The summed E-state index contributed by atoms with van der Waals surface area (Å²) in [5.41, 5.74) is -0.450. The molecular formula is C9H15O2. The van der Waals surface area contributed by atoms with Gasteiger partial charge in [-0.25, -0.2) is 0 Å². The van der Waals surface area contributed by atoms with Crippen molar-refractivity contribution in [2.24, 2.45) is 5.92 Å². The number of ketones is 1. The SMILES string of the molecule is CC(C)C[CH]C(=O)[C@@]1(C)CO1. The number of hydrogen-bond donors (Lipinski definition) is 0. The number of carbonyl (C=O) groups excluding carboxylic acids is 1. The van der Waals surface area contributed by atoms with Crippen molar-refractivity contribution < 1.29 is 9.53 Å². The largest absolute Gasteiger partial charge is 0.362 e. The lowest BCUT2D eigenvalue weighted by Crippen LogP contribution is -2.20. The van der Waals surface area contributed by atoms with Crippen LogP contribution in [-0.2, 0) is 9.53 Å². The van der Waals surface area contributed by atoms with Gasteiger partial charge in [0.05, 0.1) is 6.61 Å². The Balaban J connectivity index is 2.22. The van der Waals surface area contributed by atoms with Crippen LogP contribution < -0.4 is 0 Å². The Kier molecular flexibility index (Phi) is 2.33. The lowest BCUT2D eigenvalue weighted by molar-refractivity contribution is -0.120. The first-order valence-corrected chi connectivity index (χ1v) is 4.06. The summed E-state index contributed by atoms with van der Waals surface area (Å²) in [5, 5.41) is 0. The molecule has 2 nitrogen and oxygen atoms in total. The molecule has 2 heteroatoms. The Bertz CT molecular complexity index is 157. The van der Waals surface area contributed by atoms with Crippen molar-refractivity contribution in [1.29, 1.82) is 0 Å². The fraction of sp³-hybridized carbons (Fsp3) is 0.778. The molecular weight excluding hydrogens is 140 g/mol. The van der Waals surface area contributed by atoms with Gasteiger partial charge in [0.25, 0.3) is 0 Å². The summed E-state index contributed by atoms with van der Waals surface area (Å²) in [7, 11) is 0. The molecule has 0 saturated carbocycles. The van der Waals surface area contributed by atoms with Crippen molar-refractivity contribution in [2.75, 3.05) is 6.61 Å². The fourth-order valence-electron chi connectivity index (χ4n) is 0.809. The lowest BCUT2D eigenvalue weighted by Gasteiger charge is -2.05. The molecule has 0 spiro atoms. The first kappa shape index (κ1) is 8.72. The molecule has 0 N–H and O–H groups in total. The molecule has 0 unspecified atom stereocenters. The van der Waals surface area contributed by atoms with Crippen LogP contribution in [0.3, 0.4) is 0 Å². The molecule has 1 aliphatic heterocycles. The van der Waals surface area contributed by atoms with Gasteiger partial charge in [0.1, 0.15) is 5.60 Å². The van der Waals surface area contributed by atoms with Gasteiger partial charge in [-0.1, -0.05) is 13.8 Å². The second kappa shape index (κ2) is 2.94. The van der Waals surface area contributed by atoms with Crippen LogP contribution in [0.25, 0.3) is 0 Å².